The highest BCUT2D eigenvalue weighted by Crippen LogP contribution is 2.42. The normalized spacial score (nSPS) is 10.9. The van der Waals surface area contributed by atoms with Crippen molar-refractivity contribution >= 4 is 16.6 Å². The van der Waals surface area contributed by atoms with Crippen LogP contribution < -0.4 is 9.47 Å². The second-order valence-electron chi connectivity index (χ2n) is 8.61. The Morgan fingerprint density at radius 1 is 0.676 bits per heavy atom. The van der Waals surface area contributed by atoms with E-state index in [4.69, 9.17) is 9.47 Å². The predicted octanol–water partition coefficient (Wildman–Crippen LogP) is 7.66. The van der Waals surface area contributed by atoms with Gasteiger partial charge in [-0.2, -0.15) is 0 Å². The molecule has 0 saturated heterocycles. The Bertz CT molecular complexity index is 1280. The van der Waals surface area contributed by atoms with Crippen LogP contribution in [0.4, 0.5) is 0 Å². The van der Waals surface area contributed by atoms with Gasteiger partial charge < -0.3 is 9.47 Å². The van der Waals surface area contributed by atoms with Crippen molar-refractivity contribution in [2.75, 3.05) is 14.2 Å². The lowest BCUT2D eigenvalue weighted by Crippen LogP contribution is -2.06. The Morgan fingerprint density at radius 2 is 1.21 bits per heavy atom. The SMILES string of the molecule is CCCc1ccc(C(=O)c2c(OC)ccc3ccc(OC)c(-c4ccc(CCC)cc4)c23)cc1. The Morgan fingerprint density at radius 3 is 1.74 bits per heavy atom. The number of benzene rings is 4. The first-order valence-corrected chi connectivity index (χ1v) is 12.0. The van der Waals surface area contributed by atoms with Gasteiger partial charge in [0.1, 0.15) is 11.5 Å². The van der Waals surface area contributed by atoms with E-state index in [1.54, 1.807) is 14.2 Å². The van der Waals surface area contributed by atoms with Crippen LogP contribution >= 0.6 is 0 Å². The molecule has 0 aliphatic heterocycles. The number of fused-ring (bicyclic) bond motifs is 1. The summed E-state index contributed by atoms with van der Waals surface area (Å²) in [4.78, 5) is 13.9. The summed E-state index contributed by atoms with van der Waals surface area (Å²) in [6.07, 6.45) is 4.22. The van der Waals surface area contributed by atoms with E-state index in [9.17, 15) is 4.79 Å². The number of aryl methyl sites for hydroxylation is 2. The number of rotatable bonds is 9. The lowest BCUT2D eigenvalue weighted by atomic mass is 9.89. The van der Waals surface area contributed by atoms with E-state index in [2.05, 4.69) is 38.1 Å². The molecule has 0 amide bonds. The molecular formula is C31H32O3. The van der Waals surface area contributed by atoms with Gasteiger partial charge in [-0.25, -0.2) is 0 Å². The second kappa shape index (κ2) is 10.6. The molecule has 0 atom stereocenters. The van der Waals surface area contributed by atoms with Gasteiger partial charge in [0.2, 0.25) is 0 Å². The van der Waals surface area contributed by atoms with Crippen LogP contribution in [0.2, 0.25) is 0 Å². The molecule has 0 bridgehead atoms. The zero-order valence-corrected chi connectivity index (χ0v) is 20.5. The fraction of sp³-hybridized carbons (Fsp3) is 0.258. The van der Waals surface area contributed by atoms with E-state index in [0.29, 0.717) is 16.9 Å². The maximum absolute atomic E-state index is 13.9. The molecule has 4 aromatic carbocycles. The predicted molar refractivity (Wildman–Crippen MR) is 140 cm³/mol. The van der Waals surface area contributed by atoms with Gasteiger partial charge in [0, 0.05) is 16.5 Å². The van der Waals surface area contributed by atoms with E-state index in [1.807, 2.05) is 48.5 Å². The molecule has 0 aliphatic rings. The standard InChI is InChI=1S/C31H32O3/c1-5-7-21-9-13-23(14-10-21)28-26(33-3)19-17-24-18-20-27(34-4)30(29(24)28)31(32)25-15-11-22(8-6-2)12-16-25/h9-20H,5-8H2,1-4H3. The average Bonchev–Trinajstić information content (AvgIpc) is 2.88. The molecular weight excluding hydrogens is 420 g/mol. The number of carbonyl (C=O) groups excluding carboxylic acids is 1. The highest BCUT2D eigenvalue weighted by atomic mass is 16.5. The number of methoxy groups -OCH3 is 2. The van der Waals surface area contributed by atoms with Gasteiger partial charge in [0.15, 0.2) is 5.78 Å². The maximum Gasteiger partial charge on any atom is 0.197 e. The average molecular weight is 453 g/mol. The third-order valence-electron chi connectivity index (χ3n) is 6.31. The molecule has 0 unspecified atom stereocenters. The Hall–Kier alpha value is -3.59. The molecule has 0 spiro atoms. The molecule has 34 heavy (non-hydrogen) atoms. The molecule has 0 N–H and O–H groups in total. The molecule has 0 aromatic heterocycles. The number of hydrogen-bond acceptors (Lipinski definition) is 3. The van der Waals surface area contributed by atoms with Gasteiger partial charge in [-0.15, -0.1) is 0 Å². The number of carbonyl (C=O) groups is 1. The van der Waals surface area contributed by atoms with Crippen LogP contribution in [0.15, 0.2) is 72.8 Å². The molecule has 0 fully saturated rings. The Kier molecular flexibility index (Phi) is 7.32. The van der Waals surface area contributed by atoms with Crippen LogP contribution in [0.3, 0.4) is 0 Å². The van der Waals surface area contributed by atoms with Crippen LogP contribution in [0.25, 0.3) is 21.9 Å². The van der Waals surface area contributed by atoms with E-state index in [1.165, 1.54) is 11.1 Å². The molecule has 0 heterocycles. The highest BCUT2D eigenvalue weighted by molar-refractivity contribution is 6.21. The van der Waals surface area contributed by atoms with Crippen molar-refractivity contribution in [1.82, 2.24) is 0 Å². The van der Waals surface area contributed by atoms with Gasteiger partial charge >= 0.3 is 0 Å². The third-order valence-corrected chi connectivity index (χ3v) is 6.31. The van der Waals surface area contributed by atoms with Crippen molar-refractivity contribution in [3.8, 4) is 22.6 Å². The van der Waals surface area contributed by atoms with Crippen LogP contribution in [0, 0.1) is 0 Å². The molecule has 0 radical (unpaired) electrons. The van der Waals surface area contributed by atoms with Crippen LogP contribution in [0.5, 0.6) is 11.5 Å². The lowest BCUT2D eigenvalue weighted by molar-refractivity contribution is 0.103. The number of hydrogen-bond donors (Lipinski definition) is 0. The minimum Gasteiger partial charge on any atom is -0.496 e. The zero-order chi connectivity index (χ0) is 24.1. The first kappa shape index (κ1) is 23.6. The second-order valence-corrected chi connectivity index (χ2v) is 8.61. The zero-order valence-electron chi connectivity index (χ0n) is 20.5. The lowest BCUT2D eigenvalue weighted by Gasteiger charge is -2.18. The van der Waals surface area contributed by atoms with Gasteiger partial charge in [-0.3, -0.25) is 4.79 Å². The summed E-state index contributed by atoms with van der Waals surface area (Å²) >= 11 is 0. The topological polar surface area (TPSA) is 35.5 Å². The van der Waals surface area contributed by atoms with Gasteiger partial charge in [0.05, 0.1) is 19.8 Å². The largest absolute Gasteiger partial charge is 0.496 e. The van der Waals surface area contributed by atoms with Crippen molar-refractivity contribution in [1.29, 1.82) is 0 Å². The minimum absolute atomic E-state index is 0.0531. The summed E-state index contributed by atoms with van der Waals surface area (Å²) in [5.74, 6) is 1.24. The summed E-state index contributed by atoms with van der Waals surface area (Å²) in [5, 5.41) is 1.82. The molecule has 174 valence electrons. The molecule has 3 heteroatoms. The summed E-state index contributed by atoms with van der Waals surface area (Å²) in [5.41, 5.74) is 5.67. The fourth-order valence-electron chi connectivity index (χ4n) is 4.61. The van der Waals surface area contributed by atoms with Crippen LogP contribution in [-0.4, -0.2) is 20.0 Å². The van der Waals surface area contributed by atoms with Crippen molar-refractivity contribution in [3.63, 3.8) is 0 Å². The number of ether oxygens (including phenoxy) is 2. The van der Waals surface area contributed by atoms with E-state index in [0.717, 1.165) is 53.3 Å². The highest BCUT2D eigenvalue weighted by Gasteiger charge is 2.23. The van der Waals surface area contributed by atoms with Crippen molar-refractivity contribution in [3.05, 3.63) is 95.1 Å². The van der Waals surface area contributed by atoms with Crippen molar-refractivity contribution in [2.45, 2.75) is 39.5 Å². The van der Waals surface area contributed by atoms with Gasteiger partial charge in [0.25, 0.3) is 0 Å². The molecule has 0 saturated carbocycles. The number of ketones is 1. The maximum atomic E-state index is 13.9. The third kappa shape index (κ3) is 4.56. The minimum atomic E-state index is -0.0531. The molecule has 3 nitrogen and oxygen atoms in total. The van der Waals surface area contributed by atoms with Crippen molar-refractivity contribution in [2.24, 2.45) is 0 Å². The smallest absolute Gasteiger partial charge is 0.197 e. The monoisotopic (exact) mass is 452 g/mol. The van der Waals surface area contributed by atoms with E-state index in [-0.39, 0.29) is 5.78 Å². The quantitative estimate of drug-likeness (QED) is 0.245. The van der Waals surface area contributed by atoms with Gasteiger partial charge in [-0.05, 0) is 47.1 Å². The first-order chi connectivity index (χ1) is 16.6. The molecule has 4 rings (SSSR count). The summed E-state index contributed by atoms with van der Waals surface area (Å²) in [6.45, 7) is 4.34. The Labute approximate surface area is 202 Å². The molecule has 0 aliphatic carbocycles. The first-order valence-electron chi connectivity index (χ1n) is 12.0. The summed E-state index contributed by atoms with van der Waals surface area (Å²) in [6, 6.07) is 24.3. The van der Waals surface area contributed by atoms with Crippen LogP contribution in [0.1, 0.15) is 53.7 Å². The van der Waals surface area contributed by atoms with Crippen molar-refractivity contribution < 1.29 is 14.3 Å². The Balaban J connectivity index is 1.96. The fourth-order valence-corrected chi connectivity index (χ4v) is 4.61. The van der Waals surface area contributed by atoms with E-state index >= 15 is 0 Å². The summed E-state index contributed by atoms with van der Waals surface area (Å²) < 4.78 is 11.5. The summed E-state index contributed by atoms with van der Waals surface area (Å²) in [7, 11) is 3.28. The van der Waals surface area contributed by atoms with E-state index < -0.39 is 0 Å². The molecule has 4 aromatic rings. The van der Waals surface area contributed by atoms with Crippen LogP contribution in [-0.2, 0) is 12.8 Å². The van der Waals surface area contributed by atoms with Gasteiger partial charge in [-0.1, -0.05) is 87.4 Å².